The van der Waals surface area contributed by atoms with Crippen LogP contribution in [-0.2, 0) is 27.9 Å². The van der Waals surface area contributed by atoms with Gasteiger partial charge in [-0.2, -0.15) is 5.10 Å². The summed E-state index contributed by atoms with van der Waals surface area (Å²) in [6, 6.07) is 14.7. The van der Waals surface area contributed by atoms with Crippen molar-refractivity contribution in [3.05, 3.63) is 65.2 Å². The van der Waals surface area contributed by atoms with Gasteiger partial charge in [-0.3, -0.25) is 9.69 Å². The first kappa shape index (κ1) is 25.5. The van der Waals surface area contributed by atoms with Crippen LogP contribution in [0.4, 0.5) is 0 Å². The van der Waals surface area contributed by atoms with Crippen molar-refractivity contribution >= 4 is 27.9 Å². The number of piperidine rings is 1. The minimum absolute atomic E-state index is 0.0158. The van der Waals surface area contributed by atoms with Crippen LogP contribution >= 0.6 is 0 Å². The number of amides is 1. The number of nitrogens with one attached hydrogen (secondary N) is 3. The lowest BCUT2D eigenvalue weighted by molar-refractivity contribution is -0.114. The molecular formula is C24H32N6O3S. The summed E-state index contributed by atoms with van der Waals surface area (Å²) in [5, 5.41) is 19.5. The minimum Gasteiger partial charge on any atom is -0.350 e. The number of hydrazone groups is 1. The Labute approximate surface area is 201 Å². The fourth-order valence-corrected chi connectivity index (χ4v) is 4.30. The summed E-state index contributed by atoms with van der Waals surface area (Å²) in [4.78, 5) is 14.9. The fraction of sp³-hybridized carbons (Fsp3) is 0.375. The SMILES string of the molecule is Cc1ccc(CN2CCC(CNC(=O)/C(C=N)=N/NCc3ccc(S(N)(=O)=O)cc3)CC2)cc1. The average molecular weight is 485 g/mol. The van der Waals surface area contributed by atoms with E-state index in [1.807, 2.05) is 0 Å². The van der Waals surface area contributed by atoms with Crippen molar-refractivity contribution in [2.24, 2.45) is 16.2 Å². The van der Waals surface area contributed by atoms with Gasteiger partial charge in [0.1, 0.15) is 0 Å². The van der Waals surface area contributed by atoms with Crippen LogP contribution in [0.25, 0.3) is 0 Å². The number of sulfonamides is 1. The summed E-state index contributed by atoms with van der Waals surface area (Å²) in [5.74, 6) is 0.00431. The number of likely N-dealkylation sites (tertiary alicyclic amines) is 1. The molecule has 1 heterocycles. The summed E-state index contributed by atoms with van der Waals surface area (Å²) in [7, 11) is -3.74. The first-order chi connectivity index (χ1) is 16.2. The molecule has 0 unspecified atom stereocenters. The van der Waals surface area contributed by atoms with Crippen LogP contribution in [0.3, 0.4) is 0 Å². The third-order valence-electron chi connectivity index (χ3n) is 5.89. The standard InChI is InChI=1S/C24H32N6O3S/c1-18-2-4-21(5-3-18)17-30-12-10-20(11-13-30)15-27-24(31)23(14-25)29-28-16-19-6-8-22(9-7-19)34(26,32)33/h2-9,14,20,25,28H,10-13,15-17H2,1H3,(H,27,31)(H2,26,32,33)/b25-14?,29-23+. The molecule has 0 radical (unpaired) electrons. The van der Waals surface area contributed by atoms with Gasteiger partial charge >= 0.3 is 0 Å². The Morgan fingerprint density at radius 2 is 1.74 bits per heavy atom. The monoisotopic (exact) mass is 484 g/mol. The van der Waals surface area contributed by atoms with Gasteiger partial charge in [0.25, 0.3) is 5.91 Å². The van der Waals surface area contributed by atoms with Gasteiger partial charge in [-0.15, -0.1) is 0 Å². The van der Waals surface area contributed by atoms with E-state index < -0.39 is 15.9 Å². The lowest BCUT2D eigenvalue weighted by atomic mass is 9.96. The third kappa shape index (κ3) is 7.75. The molecule has 10 heteroatoms. The van der Waals surface area contributed by atoms with E-state index in [1.54, 1.807) is 12.1 Å². The number of nitrogens with zero attached hydrogens (tertiary/aromatic N) is 2. The van der Waals surface area contributed by atoms with Gasteiger partial charge < -0.3 is 16.2 Å². The van der Waals surface area contributed by atoms with E-state index >= 15 is 0 Å². The molecule has 0 aliphatic carbocycles. The summed E-state index contributed by atoms with van der Waals surface area (Å²) < 4.78 is 22.6. The van der Waals surface area contributed by atoms with Crippen molar-refractivity contribution in [1.29, 1.82) is 5.41 Å². The van der Waals surface area contributed by atoms with E-state index in [0.29, 0.717) is 12.5 Å². The van der Waals surface area contributed by atoms with Gasteiger partial charge in [0.15, 0.2) is 5.71 Å². The average Bonchev–Trinajstić information content (AvgIpc) is 2.82. The van der Waals surface area contributed by atoms with E-state index in [1.165, 1.54) is 23.3 Å². The van der Waals surface area contributed by atoms with E-state index in [0.717, 1.165) is 44.3 Å². The Hall–Kier alpha value is -3.08. The molecule has 1 saturated heterocycles. The number of hydrogen-bond donors (Lipinski definition) is 4. The number of aryl methyl sites for hydroxylation is 1. The molecule has 1 aliphatic heterocycles. The van der Waals surface area contributed by atoms with Gasteiger partial charge in [-0.25, -0.2) is 13.6 Å². The molecule has 9 nitrogen and oxygen atoms in total. The fourth-order valence-electron chi connectivity index (χ4n) is 3.79. The lowest BCUT2D eigenvalue weighted by Gasteiger charge is -2.32. The predicted octanol–water partition coefficient (Wildman–Crippen LogP) is 1.77. The van der Waals surface area contributed by atoms with E-state index in [9.17, 15) is 13.2 Å². The Bertz CT molecular complexity index is 1110. The quantitative estimate of drug-likeness (QED) is 0.300. The highest BCUT2D eigenvalue weighted by molar-refractivity contribution is 7.89. The Balaban J connectivity index is 1.40. The summed E-state index contributed by atoms with van der Waals surface area (Å²) in [6.07, 6.45) is 2.93. The zero-order valence-corrected chi connectivity index (χ0v) is 20.1. The second-order valence-electron chi connectivity index (χ2n) is 8.58. The number of primary sulfonamides is 1. The van der Waals surface area contributed by atoms with Gasteiger partial charge in [0, 0.05) is 13.1 Å². The Morgan fingerprint density at radius 1 is 1.12 bits per heavy atom. The second kappa shape index (κ2) is 11.9. The van der Waals surface area contributed by atoms with Crippen molar-refractivity contribution in [3.8, 4) is 0 Å². The van der Waals surface area contributed by atoms with Crippen molar-refractivity contribution in [3.63, 3.8) is 0 Å². The molecule has 1 amide bonds. The minimum atomic E-state index is -3.74. The van der Waals surface area contributed by atoms with Crippen LogP contribution in [0.5, 0.6) is 0 Å². The van der Waals surface area contributed by atoms with Crippen LogP contribution in [0.15, 0.2) is 58.5 Å². The van der Waals surface area contributed by atoms with Crippen molar-refractivity contribution in [2.75, 3.05) is 19.6 Å². The lowest BCUT2D eigenvalue weighted by Crippen LogP contribution is -2.40. The van der Waals surface area contributed by atoms with Crippen molar-refractivity contribution < 1.29 is 13.2 Å². The van der Waals surface area contributed by atoms with Gasteiger partial charge in [-0.1, -0.05) is 42.0 Å². The number of benzene rings is 2. The molecule has 0 bridgehead atoms. The molecule has 34 heavy (non-hydrogen) atoms. The third-order valence-corrected chi connectivity index (χ3v) is 6.82. The molecule has 2 aromatic carbocycles. The molecule has 3 rings (SSSR count). The van der Waals surface area contributed by atoms with Crippen molar-refractivity contribution in [2.45, 2.75) is 37.8 Å². The van der Waals surface area contributed by atoms with Crippen molar-refractivity contribution in [1.82, 2.24) is 15.6 Å². The molecule has 182 valence electrons. The highest BCUT2D eigenvalue weighted by atomic mass is 32.2. The normalized spacial score (nSPS) is 15.6. The Kier molecular flexibility index (Phi) is 8.91. The second-order valence-corrected chi connectivity index (χ2v) is 10.1. The first-order valence-electron chi connectivity index (χ1n) is 11.2. The van der Waals surface area contributed by atoms with Gasteiger partial charge in [0.05, 0.1) is 17.7 Å². The molecule has 0 aromatic heterocycles. The predicted molar refractivity (Wildman–Crippen MR) is 133 cm³/mol. The molecule has 1 aliphatic rings. The summed E-state index contributed by atoms with van der Waals surface area (Å²) in [5.41, 5.74) is 6.08. The number of carbonyl (C=O) groups is 1. The molecule has 5 N–H and O–H groups in total. The number of nitrogens with two attached hydrogens (primary N) is 1. The van der Waals surface area contributed by atoms with Gasteiger partial charge in [-0.05, 0) is 62.0 Å². The Morgan fingerprint density at radius 3 is 2.32 bits per heavy atom. The molecule has 2 aromatic rings. The maximum Gasteiger partial charge on any atom is 0.273 e. The molecule has 0 saturated carbocycles. The largest absolute Gasteiger partial charge is 0.350 e. The molecule has 0 spiro atoms. The maximum atomic E-state index is 12.4. The highest BCUT2D eigenvalue weighted by Crippen LogP contribution is 2.18. The van der Waals surface area contributed by atoms with Gasteiger partial charge in [0.2, 0.25) is 10.0 Å². The number of rotatable bonds is 10. The number of carbonyl (C=O) groups excluding carboxylic acids is 1. The molecule has 0 atom stereocenters. The van der Waals surface area contributed by atoms with Crippen LogP contribution in [0.1, 0.15) is 29.5 Å². The van der Waals surface area contributed by atoms with Crippen LogP contribution in [-0.4, -0.2) is 50.8 Å². The first-order valence-corrected chi connectivity index (χ1v) is 12.8. The highest BCUT2D eigenvalue weighted by Gasteiger charge is 2.20. The van der Waals surface area contributed by atoms with Crippen LogP contribution < -0.4 is 15.9 Å². The van der Waals surface area contributed by atoms with Crippen LogP contribution in [0, 0.1) is 18.3 Å². The maximum absolute atomic E-state index is 12.4. The summed E-state index contributed by atoms with van der Waals surface area (Å²) >= 11 is 0. The van der Waals surface area contributed by atoms with E-state index in [-0.39, 0.29) is 17.2 Å². The number of hydrogen-bond acceptors (Lipinski definition) is 7. The zero-order chi connectivity index (χ0) is 24.6. The smallest absolute Gasteiger partial charge is 0.273 e. The molecular weight excluding hydrogens is 452 g/mol. The topological polar surface area (TPSA) is 141 Å². The zero-order valence-electron chi connectivity index (χ0n) is 19.3. The van der Waals surface area contributed by atoms with Crippen LogP contribution in [0.2, 0.25) is 0 Å². The van der Waals surface area contributed by atoms with E-state index in [4.69, 9.17) is 10.5 Å². The van der Waals surface area contributed by atoms with E-state index in [2.05, 4.69) is 51.9 Å². The molecule has 1 fully saturated rings. The summed E-state index contributed by atoms with van der Waals surface area (Å²) in [6.45, 7) is 5.84.